The maximum atomic E-state index is 12.4. The van der Waals surface area contributed by atoms with Gasteiger partial charge in [0.2, 0.25) is 5.91 Å². The van der Waals surface area contributed by atoms with E-state index < -0.39 is 0 Å². The molecule has 108 valence electrons. The van der Waals surface area contributed by atoms with Gasteiger partial charge in [0.05, 0.1) is 0 Å². The minimum absolute atomic E-state index is 0.247. The Morgan fingerprint density at radius 3 is 2.47 bits per heavy atom. The summed E-state index contributed by atoms with van der Waals surface area (Å²) in [5.41, 5.74) is 5.78. The molecule has 4 atom stereocenters. The van der Waals surface area contributed by atoms with Gasteiger partial charge in [-0.05, 0) is 49.9 Å². The highest BCUT2D eigenvalue weighted by molar-refractivity contribution is 5.79. The van der Waals surface area contributed by atoms with Crippen molar-refractivity contribution < 1.29 is 4.79 Å². The van der Waals surface area contributed by atoms with Gasteiger partial charge in [-0.1, -0.05) is 25.7 Å². The summed E-state index contributed by atoms with van der Waals surface area (Å²) >= 11 is 0. The molecular formula is C16H28N2O. The van der Waals surface area contributed by atoms with Gasteiger partial charge in [0.25, 0.3) is 0 Å². The van der Waals surface area contributed by atoms with Crippen LogP contribution in [-0.2, 0) is 4.79 Å². The number of fused-ring (bicyclic) bond motifs is 1. The molecule has 1 amide bonds. The van der Waals surface area contributed by atoms with Crippen LogP contribution in [0.4, 0.5) is 0 Å². The van der Waals surface area contributed by atoms with Gasteiger partial charge in [-0.2, -0.15) is 0 Å². The van der Waals surface area contributed by atoms with Crippen molar-refractivity contribution >= 4 is 5.91 Å². The van der Waals surface area contributed by atoms with Crippen LogP contribution in [-0.4, -0.2) is 18.5 Å². The molecule has 3 nitrogen and oxygen atoms in total. The lowest BCUT2D eigenvalue weighted by molar-refractivity contribution is -0.128. The lowest BCUT2D eigenvalue weighted by atomic mass is 9.67. The Hall–Kier alpha value is -0.570. The maximum absolute atomic E-state index is 12.4. The van der Waals surface area contributed by atoms with Crippen LogP contribution >= 0.6 is 0 Å². The Bertz CT molecular complexity index is 327. The molecule has 0 radical (unpaired) electrons. The molecule has 0 aromatic carbocycles. The van der Waals surface area contributed by atoms with Crippen molar-refractivity contribution in [3.63, 3.8) is 0 Å². The van der Waals surface area contributed by atoms with Crippen LogP contribution in [0.5, 0.6) is 0 Å². The number of nitrogens with two attached hydrogens (primary N) is 1. The van der Waals surface area contributed by atoms with E-state index >= 15 is 0 Å². The number of hydrogen-bond donors (Lipinski definition) is 2. The SMILES string of the molecule is NCC(NC(=O)C1CCC2CCCCC2C1)C1CC1. The molecule has 3 fully saturated rings. The number of carbonyl (C=O) groups excluding carboxylic acids is 1. The van der Waals surface area contributed by atoms with Crippen LogP contribution in [0.1, 0.15) is 57.8 Å². The molecule has 3 N–H and O–H groups in total. The molecule has 4 unspecified atom stereocenters. The fourth-order valence-corrected chi connectivity index (χ4v) is 4.28. The summed E-state index contributed by atoms with van der Waals surface area (Å²) < 4.78 is 0. The molecule has 0 saturated heterocycles. The normalized spacial score (nSPS) is 36.4. The van der Waals surface area contributed by atoms with Crippen LogP contribution in [0.25, 0.3) is 0 Å². The predicted molar refractivity (Wildman–Crippen MR) is 76.5 cm³/mol. The zero-order valence-corrected chi connectivity index (χ0v) is 11.9. The summed E-state index contributed by atoms with van der Waals surface area (Å²) in [4.78, 5) is 12.4. The van der Waals surface area contributed by atoms with Crippen LogP contribution in [0.2, 0.25) is 0 Å². The average molecular weight is 264 g/mol. The van der Waals surface area contributed by atoms with E-state index in [4.69, 9.17) is 5.73 Å². The fraction of sp³-hybridized carbons (Fsp3) is 0.938. The molecule has 3 aliphatic carbocycles. The summed E-state index contributed by atoms with van der Waals surface area (Å²) in [5.74, 6) is 2.99. The number of carbonyl (C=O) groups is 1. The average Bonchev–Trinajstić information content (AvgIpc) is 3.28. The van der Waals surface area contributed by atoms with E-state index in [-0.39, 0.29) is 12.0 Å². The van der Waals surface area contributed by atoms with Crippen LogP contribution in [0, 0.1) is 23.7 Å². The molecule has 3 rings (SSSR count). The van der Waals surface area contributed by atoms with E-state index in [1.807, 2.05) is 0 Å². The molecule has 0 spiro atoms. The molecule has 0 bridgehead atoms. The van der Waals surface area contributed by atoms with Crippen LogP contribution < -0.4 is 11.1 Å². The lowest BCUT2D eigenvalue weighted by Crippen LogP contribution is -2.46. The quantitative estimate of drug-likeness (QED) is 0.819. The van der Waals surface area contributed by atoms with Crippen molar-refractivity contribution in [2.75, 3.05) is 6.54 Å². The summed E-state index contributed by atoms with van der Waals surface area (Å²) in [5, 5.41) is 3.23. The van der Waals surface area contributed by atoms with Gasteiger partial charge in [-0.3, -0.25) is 4.79 Å². The zero-order valence-electron chi connectivity index (χ0n) is 11.9. The van der Waals surface area contributed by atoms with Gasteiger partial charge in [0.15, 0.2) is 0 Å². The highest BCUT2D eigenvalue weighted by Crippen LogP contribution is 2.43. The second-order valence-corrected chi connectivity index (χ2v) is 7.00. The van der Waals surface area contributed by atoms with Gasteiger partial charge >= 0.3 is 0 Å². The van der Waals surface area contributed by atoms with Crippen molar-refractivity contribution in [2.45, 2.75) is 63.8 Å². The highest BCUT2D eigenvalue weighted by atomic mass is 16.1. The molecule has 19 heavy (non-hydrogen) atoms. The number of nitrogens with one attached hydrogen (secondary N) is 1. The number of rotatable bonds is 4. The molecule has 0 aromatic rings. The summed E-state index contributed by atoms with van der Waals surface area (Å²) in [6, 6.07) is 0.247. The molecule has 0 heterocycles. The van der Waals surface area contributed by atoms with E-state index in [9.17, 15) is 4.79 Å². The monoisotopic (exact) mass is 264 g/mol. The molecule has 3 heteroatoms. The second-order valence-electron chi connectivity index (χ2n) is 7.00. The van der Waals surface area contributed by atoms with Crippen LogP contribution in [0.3, 0.4) is 0 Å². The molecule has 3 saturated carbocycles. The van der Waals surface area contributed by atoms with Crippen molar-refractivity contribution in [3.05, 3.63) is 0 Å². The van der Waals surface area contributed by atoms with Crippen molar-refractivity contribution in [1.29, 1.82) is 0 Å². The lowest BCUT2D eigenvalue weighted by Gasteiger charge is -2.39. The Labute approximate surface area is 116 Å². The zero-order chi connectivity index (χ0) is 13.2. The first-order valence-corrected chi connectivity index (χ1v) is 8.28. The molecule has 3 aliphatic rings. The van der Waals surface area contributed by atoms with E-state index in [1.165, 1.54) is 44.9 Å². The van der Waals surface area contributed by atoms with Gasteiger partial charge in [0, 0.05) is 18.5 Å². The van der Waals surface area contributed by atoms with Crippen molar-refractivity contribution in [1.82, 2.24) is 5.32 Å². The van der Waals surface area contributed by atoms with Gasteiger partial charge in [-0.15, -0.1) is 0 Å². The van der Waals surface area contributed by atoms with Gasteiger partial charge < -0.3 is 11.1 Å². The maximum Gasteiger partial charge on any atom is 0.223 e. The third-order valence-electron chi connectivity index (χ3n) is 5.68. The minimum atomic E-state index is 0.247. The first-order chi connectivity index (χ1) is 9.28. The Morgan fingerprint density at radius 2 is 1.79 bits per heavy atom. The van der Waals surface area contributed by atoms with E-state index in [0.29, 0.717) is 18.4 Å². The topological polar surface area (TPSA) is 55.1 Å². The summed E-state index contributed by atoms with van der Waals surface area (Å²) in [6.45, 7) is 0.606. The molecule has 0 aromatic heterocycles. The van der Waals surface area contributed by atoms with Crippen molar-refractivity contribution in [3.8, 4) is 0 Å². The van der Waals surface area contributed by atoms with Crippen molar-refractivity contribution in [2.24, 2.45) is 29.4 Å². The third-order valence-corrected chi connectivity index (χ3v) is 5.68. The molecule has 0 aliphatic heterocycles. The van der Waals surface area contributed by atoms with Gasteiger partial charge in [-0.25, -0.2) is 0 Å². The standard InChI is InChI=1S/C16H28N2O/c17-10-15(12-6-7-12)18-16(19)14-8-5-11-3-1-2-4-13(11)9-14/h11-15H,1-10,17H2,(H,18,19). The minimum Gasteiger partial charge on any atom is -0.352 e. The number of amides is 1. The number of hydrogen-bond acceptors (Lipinski definition) is 2. The predicted octanol–water partition coefficient (Wildman–Crippen LogP) is 2.45. The molecular weight excluding hydrogens is 236 g/mol. The summed E-state index contributed by atoms with van der Waals surface area (Å²) in [6.07, 6.45) is 11.6. The Kier molecular flexibility index (Phi) is 4.11. The second kappa shape index (κ2) is 5.82. The smallest absolute Gasteiger partial charge is 0.223 e. The van der Waals surface area contributed by atoms with Gasteiger partial charge in [0.1, 0.15) is 0 Å². The summed E-state index contributed by atoms with van der Waals surface area (Å²) in [7, 11) is 0. The van der Waals surface area contributed by atoms with E-state index in [2.05, 4.69) is 5.32 Å². The first-order valence-electron chi connectivity index (χ1n) is 8.28. The van der Waals surface area contributed by atoms with E-state index in [0.717, 1.165) is 24.7 Å². The largest absolute Gasteiger partial charge is 0.352 e. The fourth-order valence-electron chi connectivity index (χ4n) is 4.28. The Balaban J connectivity index is 1.52. The van der Waals surface area contributed by atoms with E-state index in [1.54, 1.807) is 0 Å². The highest BCUT2D eigenvalue weighted by Gasteiger charge is 2.37. The third kappa shape index (κ3) is 3.13. The van der Waals surface area contributed by atoms with Crippen LogP contribution in [0.15, 0.2) is 0 Å². The Morgan fingerprint density at radius 1 is 1.05 bits per heavy atom. The first kappa shape index (κ1) is 13.4.